The second-order valence-corrected chi connectivity index (χ2v) is 5.25. The summed E-state index contributed by atoms with van der Waals surface area (Å²) < 4.78 is 0. The Morgan fingerprint density at radius 3 is 2.22 bits per heavy atom. The molecule has 18 heavy (non-hydrogen) atoms. The first-order valence-corrected chi connectivity index (χ1v) is 6.75. The van der Waals surface area contributed by atoms with Crippen molar-refractivity contribution in [2.24, 2.45) is 0 Å². The Balaban J connectivity index is 2.39. The normalized spacial score (nSPS) is 16.6. The molecule has 0 saturated heterocycles. The molecule has 0 aliphatic heterocycles. The van der Waals surface area contributed by atoms with E-state index in [1.165, 1.54) is 32.1 Å². The molecule has 1 aromatic rings. The number of benzene rings is 1. The topological polar surface area (TPSA) is 34.1 Å². The summed E-state index contributed by atoms with van der Waals surface area (Å²) in [6.45, 7) is 3.13. The van der Waals surface area contributed by atoms with Crippen LogP contribution >= 0.6 is 0 Å². The van der Waals surface area contributed by atoms with Gasteiger partial charge in [-0.15, -0.1) is 0 Å². The summed E-state index contributed by atoms with van der Waals surface area (Å²) in [6, 6.07) is 5.62. The minimum Gasteiger partial charge on any atom is -0.295 e. The fraction of sp³-hybridized carbons (Fsp3) is 0.500. The quantitative estimate of drug-likeness (QED) is 0.749. The SMILES string of the molecule is CC(=O)c1ccc(C2CCCCC2)c(C(C)=O)c1. The molecule has 2 nitrogen and oxygen atoms in total. The van der Waals surface area contributed by atoms with E-state index < -0.39 is 0 Å². The number of ketones is 2. The summed E-state index contributed by atoms with van der Waals surface area (Å²) in [6.07, 6.45) is 6.13. The molecular weight excluding hydrogens is 224 g/mol. The van der Waals surface area contributed by atoms with Crippen molar-refractivity contribution in [1.29, 1.82) is 0 Å². The van der Waals surface area contributed by atoms with Gasteiger partial charge in [0.1, 0.15) is 0 Å². The van der Waals surface area contributed by atoms with Crippen molar-refractivity contribution in [3.63, 3.8) is 0 Å². The lowest BCUT2D eigenvalue weighted by Gasteiger charge is -2.24. The second-order valence-electron chi connectivity index (χ2n) is 5.25. The molecule has 0 unspecified atom stereocenters. The van der Waals surface area contributed by atoms with E-state index in [2.05, 4.69) is 0 Å². The van der Waals surface area contributed by atoms with E-state index in [1.54, 1.807) is 19.9 Å². The Labute approximate surface area is 108 Å². The van der Waals surface area contributed by atoms with E-state index in [1.807, 2.05) is 12.1 Å². The molecule has 0 spiro atoms. The predicted molar refractivity (Wildman–Crippen MR) is 72.3 cm³/mol. The van der Waals surface area contributed by atoms with Crippen LogP contribution in [0, 0.1) is 0 Å². The highest BCUT2D eigenvalue weighted by atomic mass is 16.1. The van der Waals surface area contributed by atoms with E-state index in [4.69, 9.17) is 0 Å². The Morgan fingerprint density at radius 1 is 1.00 bits per heavy atom. The first kappa shape index (κ1) is 13.0. The summed E-state index contributed by atoms with van der Waals surface area (Å²) in [4.78, 5) is 23.2. The Kier molecular flexibility index (Phi) is 3.95. The maximum absolute atomic E-state index is 11.8. The van der Waals surface area contributed by atoms with Gasteiger partial charge in [-0.3, -0.25) is 9.59 Å². The number of rotatable bonds is 3. The molecule has 0 bridgehead atoms. The fourth-order valence-electron chi connectivity index (χ4n) is 2.85. The van der Waals surface area contributed by atoms with Gasteiger partial charge in [0.2, 0.25) is 0 Å². The van der Waals surface area contributed by atoms with Crippen molar-refractivity contribution in [3.05, 3.63) is 34.9 Å². The van der Waals surface area contributed by atoms with Crippen molar-refractivity contribution in [1.82, 2.24) is 0 Å². The zero-order chi connectivity index (χ0) is 13.1. The van der Waals surface area contributed by atoms with Crippen molar-refractivity contribution < 1.29 is 9.59 Å². The molecule has 1 aliphatic rings. The highest BCUT2D eigenvalue weighted by Gasteiger charge is 2.20. The standard InChI is InChI=1S/C16H20O2/c1-11(17)14-8-9-15(16(10-14)12(2)18)13-6-4-3-5-7-13/h8-10,13H,3-7H2,1-2H3. The molecule has 0 N–H and O–H groups in total. The molecule has 1 aromatic carbocycles. The van der Waals surface area contributed by atoms with E-state index in [9.17, 15) is 9.59 Å². The molecule has 0 heterocycles. The van der Waals surface area contributed by atoms with Crippen LogP contribution in [-0.2, 0) is 0 Å². The number of carbonyl (C=O) groups excluding carboxylic acids is 2. The van der Waals surface area contributed by atoms with E-state index >= 15 is 0 Å². The van der Waals surface area contributed by atoms with Crippen LogP contribution in [0.5, 0.6) is 0 Å². The summed E-state index contributed by atoms with van der Waals surface area (Å²) in [5, 5.41) is 0. The van der Waals surface area contributed by atoms with Gasteiger partial charge >= 0.3 is 0 Å². The van der Waals surface area contributed by atoms with E-state index in [-0.39, 0.29) is 11.6 Å². The minimum atomic E-state index is 0.0210. The lowest BCUT2D eigenvalue weighted by molar-refractivity contribution is 0.101. The lowest BCUT2D eigenvalue weighted by atomic mass is 9.81. The van der Waals surface area contributed by atoms with Gasteiger partial charge in [-0.2, -0.15) is 0 Å². The van der Waals surface area contributed by atoms with Crippen molar-refractivity contribution in [2.45, 2.75) is 51.9 Å². The van der Waals surface area contributed by atoms with Gasteiger partial charge < -0.3 is 0 Å². The molecule has 96 valence electrons. The van der Waals surface area contributed by atoms with Crippen LogP contribution in [0.25, 0.3) is 0 Å². The summed E-state index contributed by atoms with van der Waals surface area (Å²) >= 11 is 0. The summed E-state index contributed by atoms with van der Waals surface area (Å²) in [7, 11) is 0. The van der Waals surface area contributed by atoms with Crippen molar-refractivity contribution >= 4 is 11.6 Å². The minimum absolute atomic E-state index is 0.0210. The third kappa shape index (κ3) is 2.69. The zero-order valence-corrected chi connectivity index (χ0v) is 11.2. The molecule has 1 saturated carbocycles. The second kappa shape index (κ2) is 5.47. The fourth-order valence-corrected chi connectivity index (χ4v) is 2.85. The number of Topliss-reactive ketones (excluding diaryl/α,β-unsaturated/α-hetero) is 2. The first-order valence-electron chi connectivity index (χ1n) is 6.75. The largest absolute Gasteiger partial charge is 0.295 e. The maximum atomic E-state index is 11.8. The summed E-state index contributed by atoms with van der Waals surface area (Å²) in [5.74, 6) is 0.588. The number of hydrogen-bond acceptors (Lipinski definition) is 2. The molecule has 0 aromatic heterocycles. The van der Waals surface area contributed by atoms with Crippen molar-refractivity contribution in [2.75, 3.05) is 0 Å². The van der Waals surface area contributed by atoms with Crippen LogP contribution in [0.3, 0.4) is 0 Å². The molecule has 0 amide bonds. The molecule has 1 aliphatic carbocycles. The molecule has 2 heteroatoms. The molecule has 2 rings (SSSR count). The highest BCUT2D eigenvalue weighted by molar-refractivity contribution is 6.00. The van der Waals surface area contributed by atoms with Crippen LogP contribution in [0.1, 0.15) is 78.1 Å². The van der Waals surface area contributed by atoms with Crippen LogP contribution in [0.15, 0.2) is 18.2 Å². The summed E-state index contributed by atoms with van der Waals surface area (Å²) in [5.41, 5.74) is 2.53. The smallest absolute Gasteiger partial charge is 0.160 e. The molecular formula is C16H20O2. The molecule has 0 radical (unpaired) electrons. The Hall–Kier alpha value is -1.44. The van der Waals surface area contributed by atoms with E-state index in [0.29, 0.717) is 11.5 Å². The maximum Gasteiger partial charge on any atom is 0.160 e. The third-order valence-corrected chi connectivity index (χ3v) is 3.88. The Morgan fingerprint density at radius 2 is 1.67 bits per heavy atom. The number of carbonyl (C=O) groups is 2. The van der Waals surface area contributed by atoms with Gasteiger partial charge in [-0.05, 0) is 44.2 Å². The van der Waals surface area contributed by atoms with Gasteiger partial charge in [-0.25, -0.2) is 0 Å². The first-order chi connectivity index (χ1) is 8.59. The zero-order valence-electron chi connectivity index (χ0n) is 11.2. The van der Waals surface area contributed by atoms with Gasteiger partial charge in [0.05, 0.1) is 0 Å². The van der Waals surface area contributed by atoms with Crippen molar-refractivity contribution in [3.8, 4) is 0 Å². The predicted octanol–water partition coefficient (Wildman–Crippen LogP) is 4.14. The van der Waals surface area contributed by atoms with Crippen LogP contribution < -0.4 is 0 Å². The monoisotopic (exact) mass is 244 g/mol. The lowest BCUT2D eigenvalue weighted by Crippen LogP contribution is -2.10. The van der Waals surface area contributed by atoms with Gasteiger partial charge in [0.15, 0.2) is 11.6 Å². The highest BCUT2D eigenvalue weighted by Crippen LogP contribution is 2.34. The Bertz CT molecular complexity index is 468. The van der Waals surface area contributed by atoms with Gasteiger partial charge in [0.25, 0.3) is 0 Å². The molecule has 0 atom stereocenters. The van der Waals surface area contributed by atoms with Gasteiger partial charge in [-0.1, -0.05) is 31.4 Å². The van der Waals surface area contributed by atoms with Crippen LogP contribution in [-0.4, -0.2) is 11.6 Å². The van der Waals surface area contributed by atoms with E-state index in [0.717, 1.165) is 11.1 Å². The number of hydrogen-bond donors (Lipinski definition) is 0. The van der Waals surface area contributed by atoms with Crippen LogP contribution in [0.4, 0.5) is 0 Å². The third-order valence-electron chi connectivity index (χ3n) is 3.88. The van der Waals surface area contributed by atoms with Crippen LogP contribution in [0.2, 0.25) is 0 Å². The van der Waals surface area contributed by atoms with Gasteiger partial charge in [0, 0.05) is 11.1 Å². The average molecular weight is 244 g/mol. The molecule has 1 fully saturated rings. The average Bonchev–Trinajstić information content (AvgIpc) is 2.39.